The van der Waals surface area contributed by atoms with Crippen molar-refractivity contribution in [2.45, 2.75) is 25.0 Å². The highest BCUT2D eigenvalue weighted by atomic mass is 32.2. The first-order valence-electron chi connectivity index (χ1n) is 10.3. The number of carbonyl (C=O) groups excluding carboxylic acids is 2. The van der Waals surface area contributed by atoms with E-state index in [1.54, 1.807) is 43.0 Å². The first kappa shape index (κ1) is 24.3. The Morgan fingerprint density at radius 2 is 1.85 bits per heavy atom. The summed E-state index contributed by atoms with van der Waals surface area (Å²) in [5, 5.41) is 24.2. The van der Waals surface area contributed by atoms with Gasteiger partial charge in [-0.1, -0.05) is 17.8 Å². The first-order chi connectivity index (χ1) is 15.8. The minimum Gasteiger partial charge on any atom is -0.497 e. The van der Waals surface area contributed by atoms with Crippen LogP contribution in [0.1, 0.15) is 33.4 Å². The molecule has 1 heterocycles. The number of hydrogen-bond acceptors (Lipinski definition) is 7. The molecule has 0 bridgehead atoms. The fraction of sp³-hybridized carbons (Fsp3) is 0.304. The lowest BCUT2D eigenvalue weighted by Gasteiger charge is -2.16. The standard InChI is InChI=1S/C23H27N5O4S/c1-14-5-8-17(11-15(14)2)24-20(30)13-33-23-27-26-21(28(23)3)19(12-29)25-22(31)16-6-9-18(32-4)10-7-16/h5-11,19,29H,12-13H2,1-4H3,(H,24,30)(H,25,31)/t19-/m0/s1. The maximum absolute atomic E-state index is 12.6. The highest BCUT2D eigenvalue weighted by Crippen LogP contribution is 2.21. The van der Waals surface area contributed by atoms with Gasteiger partial charge in [0, 0.05) is 18.3 Å². The summed E-state index contributed by atoms with van der Waals surface area (Å²) in [6.45, 7) is 3.65. The number of aryl methyl sites for hydroxylation is 2. The summed E-state index contributed by atoms with van der Waals surface area (Å²) in [5.41, 5.74) is 3.43. The number of rotatable bonds is 9. The summed E-state index contributed by atoms with van der Waals surface area (Å²) in [5.74, 6) is 0.639. The number of nitrogens with zero attached hydrogens (tertiary/aromatic N) is 3. The zero-order chi connectivity index (χ0) is 24.0. The van der Waals surface area contributed by atoms with Gasteiger partial charge < -0.3 is 25.0 Å². The van der Waals surface area contributed by atoms with Crippen molar-refractivity contribution in [3.63, 3.8) is 0 Å². The number of amides is 2. The second-order valence-corrected chi connectivity index (χ2v) is 8.42. The molecule has 0 spiro atoms. The Labute approximate surface area is 196 Å². The predicted molar refractivity (Wildman–Crippen MR) is 127 cm³/mol. The van der Waals surface area contributed by atoms with Crippen molar-refractivity contribution in [1.82, 2.24) is 20.1 Å². The zero-order valence-electron chi connectivity index (χ0n) is 19.0. The second-order valence-electron chi connectivity index (χ2n) is 7.47. The molecule has 0 fully saturated rings. The Balaban J connectivity index is 1.61. The fourth-order valence-corrected chi connectivity index (χ4v) is 3.80. The zero-order valence-corrected chi connectivity index (χ0v) is 19.8. The highest BCUT2D eigenvalue weighted by Gasteiger charge is 2.22. The van der Waals surface area contributed by atoms with Crippen LogP contribution < -0.4 is 15.4 Å². The molecule has 3 rings (SSSR count). The lowest BCUT2D eigenvalue weighted by molar-refractivity contribution is -0.113. The van der Waals surface area contributed by atoms with Gasteiger partial charge in [-0.15, -0.1) is 10.2 Å². The van der Waals surface area contributed by atoms with Crippen LogP contribution in [0.3, 0.4) is 0 Å². The molecule has 3 aromatic rings. The molecule has 0 saturated heterocycles. The Morgan fingerprint density at radius 3 is 2.48 bits per heavy atom. The fourth-order valence-electron chi connectivity index (χ4n) is 3.08. The van der Waals surface area contributed by atoms with Gasteiger partial charge in [-0.25, -0.2) is 0 Å². The number of nitrogens with one attached hydrogen (secondary N) is 2. The third kappa shape index (κ3) is 6.11. The van der Waals surface area contributed by atoms with Gasteiger partial charge >= 0.3 is 0 Å². The Kier molecular flexibility index (Phi) is 8.07. The Bertz CT molecular complexity index is 1130. The molecule has 33 heavy (non-hydrogen) atoms. The van der Waals surface area contributed by atoms with Gasteiger partial charge in [-0.3, -0.25) is 9.59 Å². The number of hydrogen-bond donors (Lipinski definition) is 3. The number of anilines is 1. The van der Waals surface area contributed by atoms with Crippen molar-refractivity contribution in [2.24, 2.45) is 7.05 Å². The van der Waals surface area contributed by atoms with Gasteiger partial charge in [0.2, 0.25) is 5.91 Å². The third-order valence-corrected chi connectivity index (χ3v) is 6.16. The molecule has 0 aliphatic heterocycles. The molecule has 9 nitrogen and oxygen atoms in total. The first-order valence-corrected chi connectivity index (χ1v) is 11.3. The van der Waals surface area contributed by atoms with Crippen LogP contribution in [0.4, 0.5) is 5.69 Å². The molecule has 1 aromatic heterocycles. The normalized spacial score (nSPS) is 11.7. The van der Waals surface area contributed by atoms with Crippen LogP contribution in [0, 0.1) is 13.8 Å². The van der Waals surface area contributed by atoms with Crippen LogP contribution >= 0.6 is 11.8 Å². The van der Waals surface area contributed by atoms with Crippen LogP contribution in [0.2, 0.25) is 0 Å². The van der Waals surface area contributed by atoms with E-state index in [0.717, 1.165) is 16.8 Å². The van der Waals surface area contributed by atoms with E-state index in [4.69, 9.17) is 4.74 Å². The number of methoxy groups -OCH3 is 1. The van der Waals surface area contributed by atoms with Crippen molar-refractivity contribution in [2.75, 3.05) is 24.8 Å². The van der Waals surface area contributed by atoms with Crippen LogP contribution in [-0.2, 0) is 11.8 Å². The summed E-state index contributed by atoms with van der Waals surface area (Å²) in [4.78, 5) is 24.9. The van der Waals surface area contributed by atoms with Gasteiger partial charge in [-0.2, -0.15) is 0 Å². The molecule has 0 saturated carbocycles. The monoisotopic (exact) mass is 469 g/mol. The van der Waals surface area contributed by atoms with Gasteiger partial charge in [0.25, 0.3) is 5.91 Å². The average Bonchev–Trinajstić information content (AvgIpc) is 3.18. The van der Waals surface area contributed by atoms with E-state index < -0.39 is 6.04 Å². The number of ether oxygens (including phenoxy) is 1. The van der Waals surface area contributed by atoms with Crippen molar-refractivity contribution in [3.05, 3.63) is 65.0 Å². The lowest BCUT2D eigenvalue weighted by Crippen LogP contribution is -2.32. The third-order valence-electron chi connectivity index (χ3n) is 5.14. The van der Waals surface area contributed by atoms with E-state index in [-0.39, 0.29) is 24.2 Å². The summed E-state index contributed by atoms with van der Waals surface area (Å²) in [7, 11) is 3.27. The molecular formula is C23H27N5O4S. The summed E-state index contributed by atoms with van der Waals surface area (Å²) in [6.07, 6.45) is 0. The van der Waals surface area contributed by atoms with E-state index in [1.807, 2.05) is 32.0 Å². The summed E-state index contributed by atoms with van der Waals surface area (Å²) in [6, 6.07) is 11.6. The average molecular weight is 470 g/mol. The topological polar surface area (TPSA) is 118 Å². The number of aliphatic hydroxyl groups is 1. The Hall–Kier alpha value is -3.37. The molecule has 1 atom stereocenters. The number of aromatic nitrogens is 3. The largest absolute Gasteiger partial charge is 0.497 e. The molecular weight excluding hydrogens is 442 g/mol. The van der Waals surface area contributed by atoms with Crippen LogP contribution in [0.25, 0.3) is 0 Å². The second kappa shape index (κ2) is 11.0. The number of benzene rings is 2. The predicted octanol–water partition coefficient (Wildman–Crippen LogP) is 2.63. The van der Waals surface area contributed by atoms with E-state index in [0.29, 0.717) is 22.3 Å². The van der Waals surface area contributed by atoms with Crippen LogP contribution in [0.5, 0.6) is 5.75 Å². The minimum atomic E-state index is -0.754. The van der Waals surface area contributed by atoms with Gasteiger partial charge in [-0.05, 0) is 61.4 Å². The SMILES string of the molecule is COc1ccc(C(=O)N[C@@H](CO)c2nnc(SCC(=O)Nc3ccc(C)c(C)c3)n2C)cc1. The minimum absolute atomic E-state index is 0.140. The summed E-state index contributed by atoms with van der Waals surface area (Å²) >= 11 is 1.22. The van der Waals surface area contributed by atoms with Gasteiger partial charge in [0.1, 0.15) is 11.8 Å². The molecule has 10 heteroatoms. The number of thioether (sulfide) groups is 1. The molecule has 2 aromatic carbocycles. The number of aliphatic hydroxyl groups excluding tert-OH is 1. The molecule has 2 amide bonds. The lowest BCUT2D eigenvalue weighted by atomic mass is 10.1. The number of carbonyl (C=O) groups is 2. The summed E-state index contributed by atoms with van der Waals surface area (Å²) < 4.78 is 6.75. The van der Waals surface area contributed by atoms with E-state index in [2.05, 4.69) is 20.8 Å². The maximum atomic E-state index is 12.6. The smallest absolute Gasteiger partial charge is 0.251 e. The molecule has 0 unspecified atom stereocenters. The van der Waals surface area contributed by atoms with Crippen molar-refractivity contribution in [1.29, 1.82) is 0 Å². The van der Waals surface area contributed by atoms with E-state index >= 15 is 0 Å². The van der Waals surface area contributed by atoms with Crippen LogP contribution in [-0.4, -0.2) is 51.2 Å². The maximum Gasteiger partial charge on any atom is 0.251 e. The van der Waals surface area contributed by atoms with E-state index in [9.17, 15) is 14.7 Å². The van der Waals surface area contributed by atoms with Crippen molar-refractivity contribution in [3.8, 4) is 5.75 Å². The van der Waals surface area contributed by atoms with E-state index in [1.165, 1.54) is 11.8 Å². The Morgan fingerprint density at radius 1 is 1.12 bits per heavy atom. The van der Waals surface area contributed by atoms with Gasteiger partial charge in [0.15, 0.2) is 11.0 Å². The molecule has 0 aliphatic rings. The molecule has 0 radical (unpaired) electrons. The molecule has 3 N–H and O–H groups in total. The molecule has 0 aliphatic carbocycles. The highest BCUT2D eigenvalue weighted by molar-refractivity contribution is 7.99. The quantitative estimate of drug-likeness (QED) is 0.412. The van der Waals surface area contributed by atoms with Crippen LogP contribution in [0.15, 0.2) is 47.6 Å². The van der Waals surface area contributed by atoms with Gasteiger partial charge in [0.05, 0.1) is 19.5 Å². The molecule has 174 valence electrons. The van der Waals surface area contributed by atoms with Crippen molar-refractivity contribution >= 4 is 29.3 Å². The van der Waals surface area contributed by atoms with Crippen molar-refractivity contribution < 1.29 is 19.4 Å².